The van der Waals surface area contributed by atoms with E-state index in [4.69, 9.17) is 10.5 Å². The third kappa shape index (κ3) is 5.94. The quantitative estimate of drug-likeness (QED) is 0.510. The summed E-state index contributed by atoms with van der Waals surface area (Å²) in [4.78, 5) is 5.18. The van der Waals surface area contributed by atoms with E-state index in [1.165, 1.54) is 11.3 Å². The van der Waals surface area contributed by atoms with Crippen LogP contribution in [0.25, 0.3) is 0 Å². The fourth-order valence-corrected chi connectivity index (χ4v) is 6.01. The van der Waals surface area contributed by atoms with Gasteiger partial charge in [0.25, 0.3) is 10.0 Å². The molecule has 1 aromatic carbocycles. The minimum absolute atomic E-state index is 0.120. The number of anilines is 1. The van der Waals surface area contributed by atoms with Crippen molar-refractivity contribution in [2.75, 3.05) is 18.4 Å². The molecule has 2 aromatic rings. The van der Waals surface area contributed by atoms with E-state index in [9.17, 15) is 8.42 Å². The molecule has 0 amide bonds. The van der Waals surface area contributed by atoms with Crippen molar-refractivity contribution < 1.29 is 13.2 Å². The Morgan fingerprint density at radius 2 is 1.86 bits per heavy atom. The lowest BCUT2D eigenvalue weighted by molar-refractivity contribution is 0.242. The Morgan fingerprint density at radius 3 is 2.52 bits per heavy atom. The van der Waals surface area contributed by atoms with Crippen molar-refractivity contribution >= 4 is 33.0 Å². The van der Waals surface area contributed by atoms with E-state index in [0.29, 0.717) is 23.8 Å². The Morgan fingerprint density at radius 1 is 1.17 bits per heavy atom. The van der Waals surface area contributed by atoms with E-state index in [2.05, 4.69) is 10.3 Å². The van der Waals surface area contributed by atoms with Gasteiger partial charge in [-0.15, -0.1) is 11.3 Å². The fourth-order valence-electron chi connectivity index (χ4n) is 3.05. The van der Waals surface area contributed by atoms with Gasteiger partial charge in [-0.1, -0.05) is 6.42 Å². The molecule has 0 spiro atoms. The molecule has 0 aliphatic carbocycles. The number of nitrogens with zero attached hydrogens (tertiary/aromatic N) is 2. The Bertz CT molecular complexity index is 931. The Hall–Kier alpha value is -2.10. The summed E-state index contributed by atoms with van der Waals surface area (Å²) in [5.74, 6) is 1.07. The van der Waals surface area contributed by atoms with E-state index in [1.54, 1.807) is 16.4 Å². The number of sulfonamides is 1. The van der Waals surface area contributed by atoms with Gasteiger partial charge in [-0.3, -0.25) is 0 Å². The van der Waals surface area contributed by atoms with Crippen LogP contribution in [0.5, 0.6) is 5.75 Å². The van der Waals surface area contributed by atoms with Crippen LogP contribution in [-0.2, 0) is 16.6 Å². The Balaban J connectivity index is 1.58. The van der Waals surface area contributed by atoms with Gasteiger partial charge in [0.2, 0.25) is 0 Å². The smallest absolute Gasteiger partial charge is 0.252 e. The molecular formula is C20H28N4O3S2. The number of piperidine rings is 1. The highest BCUT2D eigenvalue weighted by molar-refractivity contribution is 7.91. The zero-order valence-electron chi connectivity index (χ0n) is 16.8. The normalized spacial score (nSPS) is 16.2. The minimum Gasteiger partial charge on any atom is -0.491 e. The first kappa shape index (κ1) is 21.6. The molecule has 7 nitrogen and oxygen atoms in total. The maximum Gasteiger partial charge on any atom is 0.252 e. The first-order chi connectivity index (χ1) is 13.8. The summed E-state index contributed by atoms with van der Waals surface area (Å²) in [5.41, 5.74) is 6.77. The van der Waals surface area contributed by atoms with E-state index in [-0.39, 0.29) is 12.1 Å². The molecule has 3 N–H and O–H groups in total. The van der Waals surface area contributed by atoms with Crippen LogP contribution in [0.1, 0.15) is 38.0 Å². The molecule has 1 saturated heterocycles. The summed E-state index contributed by atoms with van der Waals surface area (Å²) < 4.78 is 33.0. The molecule has 9 heteroatoms. The predicted molar refractivity (Wildman–Crippen MR) is 118 cm³/mol. The molecular weight excluding hydrogens is 408 g/mol. The lowest BCUT2D eigenvalue weighted by Crippen LogP contribution is -2.35. The number of thiophene rings is 1. The van der Waals surface area contributed by atoms with Crippen molar-refractivity contribution in [3.8, 4) is 5.75 Å². The van der Waals surface area contributed by atoms with E-state index < -0.39 is 10.0 Å². The van der Waals surface area contributed by atoms with Gasteiger partial charge in [0, 0.05) is 23.7 Å². The first-order valence-corrected chi connectivity index (χ1v) is 12.0. The van der Waals surface area contributed by atoms with Crippen molar-refractivity contribution in [1.29, 1.82) is 0 Å². The third-order valence-corrected chi connectivity index (χ3v) is 7.89. The van der Waals surface area contributed by atoms with Crippen LogP contribution in [0.4, 0.5) is 5.69 Å². The van der Waals surface area contributed by atoms with E-state index in [1.807, 2.05) is 38.1 Å². The van der Waals surface area contributed by atoms with Crippen LogP contribution < -0.4 is 15.8 Å². The Labute approximate surface area is 176 Å². The van der Waals surface area contributed by atoms with Gasteiger partial charge in [-0.25, -0.2) is 13.4 Å². The molecule has 0 bridgehead atoms. The molecule has 1 aliphatic heterocycles. The average Bonchev–Trinajstić information content (AvgIpc) is 3.18. The van der Waals surface area contributed by atoms with Crippen LogP contribution >= 0.6 is 11.3 Å². The van der Waals surface area contributed by atoms with Crippen LogP contribution in [0.15, 0.2) is 45.6 Å². The second kappa shape index (κ2) is 9.60. The second-order valence-electron chi connectivity index (χ2n) is 7.20. The summed E-state index contributed by atoms with van der Waals surface area (Å²) in [6.45, 7) is 5.49. The predicted octanol–water partition coefficient (Wildman–Crippen LogP) is 3.64. The maximum atomic E-state index is 12.7. The topological polar surface area (TPSA) is 97.0 Å². The lowest BCUT2D eigenvalue weighted by atomic mass is 10.2. The van der Waals surface area contributed by atoms with Gasteiger partial charge in [-0.2, -0.15) is 4.31 Å². The van der Waals surface area contributed by atoms with Crippen molar-refractivity contribution in [2.45, 2.75) is 50.0 Å². The summed E-state index contributed by atoms with van der Waals surface area (Å²) in [6.07, 6.45) is 3.06. The molecule has 0 saturated carbocycles. The minimum atomic E-state index is -3.40. The largest absolute Gasteiger partial charge is 0.491 e. The summed E-state index contributed by atoms with van der Waals surface area (Å²) in [5, 5.41) is 3.03. The van der Waals surface area contributed by atoms with E-state index in [0.717, 1.165) is 35.6 Å². The maximum absolute atomic E-state index is 12.7. The summed E-state index contributed by atoms with van der Waals surface area (Å²) in [6, 6.07) is 10.9. The van der Waals surface area contributed by atoms with Crippen molar-refractivity contribution in [2.24, 2.45) is 10.7 Å². The Kier molecular flexibility index (Phi) is 7.15. The highest BCUT2D eigenvalue weighted by atomic mass is 32.2. The molecule has 1 fully saturated rings. The zero-order chi connectivity index (χ0) is 20.9. The highest BCUT2D eigenvalue weighted by Crippen LogP contribution is 2.27. The number of hydrogen-bond donors (Lipinski definition) is 2. The van der Waals surface area contributed by atoms with Crippen LogP contribution in [0, 0.1) is 0 Å². The molecule has 1 aromatic heterocycles. The number of nitrogens with two attached hydrogens (primary N) is 1. The highest BCUT2D eigenvalue weighted by Gasteiger charge is 2.27. The molecule has 0 unspecified atom stereocenters. The SMILES string of the molecule is CC(C)Oc1ccc(NC(N)=NCc2ccc(S(=O)(=O)N3CCCCC3)s2)cc1. The van der Waals surface area contributed by atoms with Gasteiger partial charge < -0.3 is 15.8 Å². The molecule has 0 radical (unpaired) electrons. The number of benzene rings is 1. The molecule has 3 rings (SSSR count). The van der Waals surface area contributed by atoms with Gasteiger partial charge in [-0.05, 0) is 63.1 Å². The number of ether oxygens (including phenoxy) is 1. The van der Waals surface area contributed by atoms with Gasteiger partial charge >= 0.3 is 0 Å². The first-order valence-electron chi connectivity index (χ1n) is 9.77. The monoisotopic (exact) mass is 436 g/mol. The molecule has 29 heavy (non-hydrogen) atoms. The molecule has 158 valence electrons. The fraction of sp³-hybridized carbons (Fsp3) is 0.450. The third-order valence-electron chi connectivity index (χ3n) is 4.45. The zero-order valence-corrected chi connectivity index (χ0v) is 18.4. The second-order valence-corrected chi connectivity index (χ2v) is 10.5. The number of aliphatic imine (C=N–C) groups is 1. The molecule has 0 atom stereocenters. The molecule has 1 aliphatic rings. The van der Waals surface area contributed by atoms with Crippen molar-refractivity contribution in [3.63, 3.8) is 0 Å². The summed E-state index contributed by atoms with van der Waals surface area (Å²) >= 11 is 1.25. The molecule has 2 heterocycles. The lowest BCUT2D eigenvalue weighted by Gasteiger charge is -2.25. The van der Waals surface area contributed by atoms with Crippen molar-refractivity contribution in [3.05, 3.63) is 41.3 Å². The number of rotatable bonds is 7. The van der Waals surface area contributed by atoms with Gasteiger partial charge in [0.15, 0.2) is 5.96 Å². The standard InChI is InChI=1S/C20H28N4O3S2/c1-15(2)27-17-8-6-16(7-9-17)23-20(21)22-14-18-10-11-19(28-18)29(25,26)24-12-4-3-5-13-24/h6-11,15H,3-5,12-14H2,1-2H3,(H3,21,22,23). The van der Waals surface area contributed by atoms with Gasteiger partial charge in [0.1, 0.15) is 9.96 Å². The summed E-state index contributed by atoms with van der Waals surface area (Å²) in [7, 11) is -3.40. The number of hydrogen-bond acceptors (Lipinski definition) is 5. The number of nitrogens with one attached hydrogen (secondary N) is 1. The average molecular weight is 437 g/mol. The van der Waals surface area contributed by atoms with E-state index >= 15 is 0 Å². The number of guanidine groups is 1. The van der Waals surface area contributed by atoms with Crippen molar-refractivity contribution in [1.82, 2.24) is 4.31 Å². The van der Waals surface area contributed by atoms with Gasteiger partial charge in [0.05, 0.1) is 12.6 Å². The van der Waals surface area contributed by atoms with Crippen LogP contribution in [0.3, 0.4) is 0 Å². The van der Waals surface area contributed by atoms with Crippen LogP contribution in [0.2, 0.25) is 0 Å². The van der Waals surface area contributed by atoms with Crippen LogP contribution in [-0.4, -0.2) is 37.9 Å².